The highest BCUT2D eigenvalue weighted by Crippen LogP contribution is 2.32. The summed E-state index contributed by atoms with van der Waals surface area (Å²) in [4.78, 5) is 20.4. The number of hydrogen-bond acceptors (Lipinski definition) is 6. The Balaban J connectivity index is 1.86. The second kappa shape index (κ2) is 6.48. The minimum Gasteiger partial charge on any atom is -0.439 e. The lowest BCUT2D eigenvalue weighted by molar-refractivity contribution is -0.153. The van der Waals surface area contributed by atoms with Crippen LogP contribution in [0.5, 0.6) is 0 Å². The molecule has 0 bridgehead atoms. The Morgan fingerprint density at radius 2 is 1.93 bits per heavy atom. The van der Waals surface area contributed by atoms with Crippen molar-refractivity contribution >= 4 is 27.5 Å². The maximum atomic E-state index is 13.0. The fourth-order valence-electron chi connectivity index (χ4n) is 2.72. The monoisotopic (exact) mass is 454 g/mol. The van der Waals surface area contributed by atoms with E-state index in [9.17, 15) is 18.0 Å². The smallest absolute Gasteiger partial charge is 0.439 e. The summed E-state index contributed by atoms with van der Waals surface area (Å²) in [7, 11) is 0. The van der Waals surface area contributed by atoms with Gasteiger partial charge in [0.25, 0.3) is 0 Å². The number of alkyl halides is 3. The van der Waals surface area contributed by atoms with E-state index in [-0.39, 0.29) is 11.6 Å². The van der Waals surface area contributed by atoms with Gasteiger partial charge in [-0.15, -0.1) is 5.10 Å². The second-order valence-corrected chi connectivity index (χ2v) is 6.52. The number of anilines is 1. The van der Waals surface area contributed by atoms with Crippen LogP contribution in [0.2, 0.25) is 0 Å². The fourth-order valence-corrected chi connectivity index (χ4v) is 3.29. The fraction of sp³-hybridized carbons (Fsp3) is 0.125. The van der Waals surface area contributed by atoms with Crippen LogP contribution in [0.15, 0.2) is 50.4 Å². The number of oxazole rings is 1. The van der Waals surface area contributed by atoms with Gasteiger partial charge in [0.15, 0.2) is 12.0 Å². The summed E-state index contributed by atoms with van der Waals surface area (Å²) in [5, 5.41) is 4.11. The number of nitrogens with zero attached hydrogens (tertiary/aromatic N) is 5. The molecule has 8 nitrogen and oxygen atoms in total. The quantitative estimate of drug-likeness (QED) is 0.510. The first-order valence-corrected chi connectivity index (χ1v) is 8.56. The molecule has 0 radical (unpaired) electrons. The average Bonchev–Trinajstić information content (AvgIpc) is 3.25. The molecular weight excluding hydrogens is 445 g/mol. The minimum absolute atomic E-state index is 0.119. The van der Waals surface area contributed by atoms with E-state index in [0.717, 1.165) is 14.6 Å². The highest BCUT2D eigenvalue weighted by Gasteiger charge is 2.38. The van der Waals surface area contributed by atoms with Crippen LogP contribution in [0.4, 0.5) is 19.1 Å². The van der Waals surface area contributed by atoms with Crippen LogP contribution in [-0.4, -0.2) is 24.1 Å². The van der Waals surface area contributed by atoms with Crippen LogP contribution in [0.25, 0.3) is 16.9 Å². The number of hydrogen-bond donors (Lipinski definition) is 1. The largest absolute Gasteiger partial charge is 0.451 e. The second-order valence-electron chi connectivity index (χ2n) is 5.72. The normalized spacial score (nSPS) is 12.0. The molecule has 4 rings (SSSR count). The van der Waals surface area contributed by atoms with Crippen molar-refractivity contribution in [3.8, 4) is 11.3 Å². The first-order chi connectivity index (χ1) is 13.3. The maximum absolute atomic E-state index is 13.0. The Kier molecular flexibility index (Phi) is 4.22. The molecule has 3 heterocycles. The van der Waals surface area contributed by atoms with E-state index in [1.807, 2.05) is 6.07 Å². The lowest BCUT2D eigenvalue weighted by Crippen LogP contribution is -2.24. The molecule has 144 valence electrons. The van der Waals surface area contributed by atoms with Gasteiger partial charge in [0, 0.05) is 5.56 Å². The molecule has 1 aromatic carbocycles. The molecule has 12 heteroatoms. The van der Waals surface area contributed by atoms with E-state index in [2.05, 4.69) is 35.4 Å². The standard InChI is InChI=1S/C16H10BrF3N6O2/c17-10-11(8-4-2-1-3-5-8)23-14(21)26-13(10)24-25(15(26)27)6-9-12(16(18,19)20)28-7-22-9/h1-5,7H,6H2,(H2,21,23). The lowest BCUT2D eigenvalue weighted by atomic mass is 10.1. The summed E-state index contributed by atoms with van der Waals surface area (Å²) < 4.78 is 45.5. The van der Waals surface area contributed by atoms with Gasteiger partial charge in [0.1, 0.15) is 5.69 Å². The van der Waals surface area contributed by atoms with Crippen LogP contribution < -0.4 is 11.4 Å². The third-order valence-electron chi connectivity index (χ3n) is 3.94. The van der Waals surface area contributed by atoms with Crippen molar-refractivity contribution in [2.24, 2.45) is 0 Å². The Morgan fingerprint density at radius 3 is 2.61 bits per heavy atom. The van der Waals surface area contributed by atoms with Gasteiger partial charge in [-0.3, -0.25) is 0 Å². The van der Waals surface area contributed by atoms with Gasteiger partial charge in [-0.25, -0.2) is 23.8 Å². The number of nitrogens with two attached hydrogens (primary N) is 1. The minimum atomic E-state index is -4.74. The number of fused-ring (bicyclic) bond motifs is 1. The third-order valence-corrected chi connectivity index (χ3v) is 4.67. The van der Waals surface area contributed by atoms with Crippen molar-refractivity contribution in [2.45, 2.75) is 12.7 Å². The Labute approximate surface area is 162 Å². The van der Waals surface area contributed by atoms with Gasteiger partial charge in [-0.05, 0) is 15.9 Å². The number of benzene rings is 1. The number of halogens is 4. The van der Waals surface area contributed by atoms with Gasteiger partial charge in [0.2, 0.25) is 11.7 Å². The molecule has 0 aliphatic heterocycles. The highest BCUT2D eigenvalue weighted by molar-refractivity contribution is 9.10. The van der Waals surface area contributed by atoms with E-state index in [1.165, 1.54) is 0 Å². The summed E-state index contributed by atoms with van der Waals surface area (Å²) >= 11 is 3.36. The molecule has 0 unspecified atom stereocenters. The first kappa shape index (κ1) is 18.2. The number of nitrogen functional groups attached to an aromatic ring is 1. The van der Waals surface area contributed by atoms with Gasteiger partial charge >= 0.3 is 11.9 Å². The van der Waals surface area contributed by atoms with Gasteiger partial charge in [-0.1, -0.05) is 30.3 Å². The molecule has 2 N–H and O–H groups in total. The topological polar surface area (TPSA) is 104 Å². The summed E-state index contributed by atoms with van der Waals surface area (Å²) in [5.74, 6) is -1.43. The zero-order valence-electron chi connectivity index (χ0n) is 13.8. The zero-order chi connectivity index (χ0) is 20.1. The van der Waals surface area contributed by atoms with E-state index >= 15 is 0 Å². The van der Waals surface area contributed by atoms with Crippen LogP contribution in [-0.2, 0) is 12.7 Å². The molecule has 0 saturated heterocycles. The molecule has 4 aromatic rings. The van der Waals surface area contributed by atoms with Gasteiger partial charge in [-0.2, -0.15) is 13.2 Å². The lowest BCUT2D eigenvalue weighted by Gasteiger charge is -2.06. The Bertz CT molecular complexity index is 1230. The predicted octanol–water partition coefficient (Wildman–Crippen LogP) is 2.96. The van der Waals surface area contributed by atoms with Gasteiger partial charge in [0.05, 0.1) is 16.7 Å². The summed E-state index contributed by atoms with van der Waals surface area (Å²) in [6.45, 7) is -0.543. The Morgan fingerprint density at radius 1 is 1.21 bits per heavy atom. The Hall–Kier alpha value is -3.15. The van der Waals surface area contributed by atoms with Crippen LogP contribution >= 0.6 is 15.9 Å². The molecule has 0 amide bonds. The molecule has 0 saturated carbocycles. The van der Waals surface area contributed by atoms with E-state index < -0.39 is 29.9 Å². The van der Waals surface area contributed by atoms with Gasteiger partial charge < -0.3 is 10.2 Å². The van der Waals surface area contributed by atoms with E-state index in [0.29, 0.717) is 16.6 Å². The molecule has 28 heavy (non-hydrogen) atoms. The van der Waals surface area contributed by atoms with Crippen molar-refractivity contribution in [3.63, 3.8) is 0 Å². The molecule has 3 aromatic heterocycles. The number of aromatic nitrogens is 5. The number of rotatable bonds is 3. The van der Waals surface area contributed by atoms with Crippen molar-refractivity contribution < 1.29 is 17.6 Å². The van der Waals surface area contributed by atoms with Crippen molar-refractivity contribution in [3.05, 3.63) is 63.1 Å². The SMILES string of the molecule is Nc1nc(-c2ccccc2)c(Br)c2nn(Cc3ncoc3C(F)(F)F)c(=O)n12. The zero-order valence-corrected chi connectivity index (χ0v) is 15.4. The van der Waals surface area contributed by atoms with E-state index in [4.69, 9.17) is 5.73 Å². The molecule has 0 aliphatic carbocycles. The van der Waals surface area contributed by atoms with Crippen molar-refractivity contribution in [2.75, 3.05) is 5.73 Å². The highest BCUT2D eigenvalue weighted by atomic mass is 79.9. The molecule has 0 atom stereocenters. The van der Waals surface area contributed by atoms with Crippen LogP contribution in [0.1, 0.15) is 11.5 Å². The molecule has 0 fully saturated rings. The predicted molar refractivity (Wildman–Crippen MR) is 95.4 cm³/mol. The van der Waals surface area contributed by atoms with Crippen molar-refractivity contribution in [1.29, 1.82) is 0 Å². The van der Waals surface area contributed by atoms with Crippen molar-refractivity contribution in [1.82, 2.24) is 24.1 Å². The average molecular weight is 455 g/mol. The molecular formula is C16H10BrF3N6O2. The maximum Gasteiger partial charge on any atom is 0.451 e. The summed E-state index contributed by atoms with van der Waals surface area (Å²) in [6.07, 6.45) is -4.07. The van der Waals surface area contributed by atoms with E-state index in [1.54, 1.807) is 24.3 Å². The van der Waals surface area contributed by atoms with Crippen LogP contribution in [0.3, 0.4) is 0 Å². The first-order valence-electron chi connectivity index (χ1n) is 7.77. The van der Waals surface area contributed by atoms with Crippen LogP contribution in [0, 0.1) is 0 Å². The summed E-state index contributed by atoms with van der Waals surface area (Å²) in [5.41, 5.74) is 5.98. The third kappa shape index (κ3) is 2.95. The molecule has 0 aliphatic rings. The molecule has 0 spiro atoms. The summed E-state index contributed by atoms with van der Waals surface area (Å²) in [6, 6.07) is 9.02.